The normalized spacial score (nSPS) is 20.6. The maximum absolute atomic E-state index is 5.34. The smallest absolute Gasteiger partial charge is 0.0124 e. The topological polar surface area (TPSA) is 12.0 Å². The molecule has 0 aliphatic heterocycles. The molecule has 16 heavy (non-hydrogen) atoms. The van der Waals surface area contributed by atoms with E-state index in [2.05, 4.69) is 25.1 Å². The summed E-state index contributed by atoms with van der Waals surface area (Å²) in [5.74, 6) is 2.76. The van der Waals surface area contributed by atoms with Gasteiger partial charge in [-0.3, -0.25) is 0 Å². The van der Waals surface area contributed by atoms with E-state index < -0.39 is 0 Å². The van der Waals surface area contributed by atoms with Crippen molar-refractivity contribution in [1.29, 1.82) is 0 Å². The number of hydrogen-bond acceptors (Lipinski definition) is 1. The average molecular weight is 221 g/mol. The highest BCUT2D eigenvalue weighted by Gasteiger charge is 2.38. The molecule has 0 amide bonds. The Kier molecular flexibility index (Phi) is 5.91. The molecule has 0 aromatic heterocycles. The van der Waals surface area contributed by atoms with E-state index in [1.807, 2.05) is 0 Å². The van der Waals surface area contributed by atoms with Crippen molar-refractivity contribution in [2.24, 2.45) is 5.41 Å². The Hall–Kier alpha value is -0.480. The summed E-state index contributed by atoms with van der Waals surface area (Å²) < 4.78 is 0. The van der Waals surface area contributed by atoms with E-state index in [0.717, 1.165) is 13.0 Å². The molecule has 1 atom stereocenters. The second-order valence-electron chi connectivity index (χ2n) is 5.13. The predicted octanol–water partition coefficient (Wildman–Crippen LogP) is 3.74. The molecule has 1 fully saturated rings. The van der Waals surface area contributed by atoms with E-state index >= 15 is 0 Å². The molecule has 0 aromatic rings. The lowest BCUT2D eigenvalue weighted by Gasteiger charge is -2.37. The molecule has 0 bridgehead atoms. The van der Waals surface area contributed by atoms with E-state index in [9.17, 15) is 0 Å². The van der Waals surface area contributed by atoms with Gasteiger partial charge >= 0.3 is 0 Å². The van der Waals surface area contributed by atoms with Crippen LogP contribution in [0, 0.1) is 17.8 Å². The minimum atomic E-state index is 0.574. The predicted molar refractivity (Wildman–Crippen MR) is 71.3 cm³/mol. The zero-order chi connectivity index (χ0) is 11.9. The Labute approximate surface area is 101 Å². The van der Waals surface area contributed by atoms with Crippen LogP contribution in [0.1, 0.15) is 65.2 Å². The number of terminal acetylenes is 1. The first-order valence-corrected chi connectivity index (χ1v) is 6.96. The molecule has 1 aliphatic rings. The summed E-state index contributed by atoms with van der Waals surface area (Å²) in [4.78, 5) is 0. The summed E-state index contributed by atoms with van der Waals surface area (Å²) in [6.45, 7) is 5.66. The van der Waals surface area contributed by atoms with Crippen molar-refractivity contribution in [3.8, 4) is 12.3 Å². The SMILES string of the molecule is C#CCCCC(NCC)C1(CC)CCCC1. The molecule has 92 valence electrons. The van der Waals surface area contributed by atoms with Gasteiger partial charge in [0.15, 0.2) is 0 Å². The number of unbranched alkanes of at least 4 members (excludes halogenated alkanes) is 1. The van der Waals surface area contributed by atoms with Gasteiger partial charge in [-0.05, 0) is 44.1 Å². The fourth-order valence-corrected chi connectivity index (χ4v) is 3.31. The fraction of sp³-hybridized carbons (Fsp3) is 0.867. The minimum absolute atomic E-state index is 0.574. The van der Waals surface area contributed by atoms with Gasteiger partial charge in [0.25, 0.3) is 0 Å². The van der Waals surface area contributed by atoms with Gasteiger partial charge in [-0.1, -0.05) is 26.7 Å². The van der Waals surface area contributed by atoms with Gasteiger partial charge in [0, 0.05) is 12.5 Å². The van der Waals surface area contributed by atoms with E-state index in [1.165, 1.54) is 44.9 Å². The average Bonchev–Trinajstić information content (AvgIpc) is 2.78. The van der Waals surface area contributed by atoms with Gasteiger partial charge in [-0.15, -0.1) is 12.3 Å². The maximum Gasteiger partial charge on any atom is 0.0124 e. The number of rotatable bonds is 7. The zero-order valence-electron chi connectivity index (χ0n) is 11.0. The largest absolute Gasteiger partial charge is 0.314 e. The molecule has 0 aromatic carbocycles. The van der Waals surface area contributed by atoms with Gasteiger partial charge in [-0.2, -0.15) is 0 Å². The van der Waals surface area contributed by atoms with Crippen molar-refractivity contribution in [1.82, 2.24) is 5.32 Å². The lowest BCUT2D eigenvalue weighted by atomic mass is 9.74. The van der Waals surface area contributed by atoms with Gasteiger partial charge in [0.1, 0.15) is 0 Å². The molecule has 1 unspecified atom stereocenters. The van der Waals surface area contributed by atoms with Crippen LogP contribution < -0.4 is 5.32 Å². The highest BCUT2D eigenvalue weighted by atomic mass is 14.9. The standard InChI is InChI=1S/C15H27N/c1-4-7-8-11-14(16-6-3)15(5-2)12-9-10-13-15/h1,14,16H,5-13H2,2-3H3. The molecule has 1 N–H and O–H groups in total. The fourth-order valence-electron chi connectivity index (χ4n) is 3.31. The molecule has 0 spiro atoms. The Balaban J connectivity index is 2.55. The van der Waals surface area contributed by atoms with Crippen LogP contribution in [0.15, 0.2) is 0 Å². The summed E-state index contributed by atoms with van der Waals surface area (Å²) in [5.41, 5.74) is 0.574. The summed E-state index contributed by atoms with van der Waals surface area (Å²) >= 11 is 0. The van der Waals surface area contributed by atoms with E-state index in [0.29, 0.717) is 11.5 Å². The maximum atomic E-state index is 5.34. The van der Waals surface area contributed by atoms with Crippen LogP contribution in [-0.4, -0.2) is 12.6 Å². The van der Waals surface area contributed by atoms with Gasteiger partial charge < -0.3 is 5.32 Å². The molecule has 1 heteroatoms. The third-order valence-corrected chi connectivity index (χ3v) is 4.31. The highest BCUT2D eigenvalue weighted by molar-refractivity contribution is 4.94. The first kappa shape index (κ1) is 13.6. The number of nitrogens with one attached hydrogen (secondary N) is 1. The quantitative estimate of drug-likeness (QED) is 0.510. The molecule has 0 radical (unpaired) electrons. The van der Waals surface area contributed by atoms with E-state index in [4.69, 9.17) is 6.42 Å². The van der Waals surface area contributed by atoms with Crippen molar-refractivity contribution in [2.45, 2.75) is 71.3 Å². The molecule has 1 rings (SSSR count). The van der Waals surface area contributed by atoms with Gasteiger partial charge in [-0.25, -0.2) is 0 Å². The summed E-state index contributed by atoms with van der Waals surface area (Å²) in [6.07, 6.45) is 15.7. The molecule has 0 heterocycles. The van der Waals surface area contributed by atoms with Crippen LogP contribution in [-0.2, 0) is 0 Å². The first-order chi connectivity index (χ1) is 7.79. The van der Waals surface area contributed by atoms with E-state index in [-0.39, 0.29) is 0 Å². The Morgan fingerprint density at radius 1 is 1.31 bits per heavy atom. The Morgan fingerprint density at radius 2 is 2.00 bits per heavy atom. The highest BCUT2D eigenvalue weighted by Crippen LogP contribution is 2.45. The summed E-state index contributed by atoms with van der Waals surface area (Å²) in [7, 11) is 0. The molecule has 0 saturated heterocycles. The third kappa shape index (κ3) is 3.25. The van der Waals surface area contributed by atoms with Crippen molar-refractivity contribution in [3.05, 3.63) is 0 Å². The molecule has 1 nitrogen and oxygen atoms in total. The van der Waals surface area contributed by atoms with Crippen LogP contribution in [0.25, 0.3) is 0 Å². The van der Waals surface area contributed by atoms with Crippen LogP contribution >= 0.6 is 0 Å². The van der Waals surface area contributed by atoms with Crippen molar-refractivity contribution >= 4 is 0 Å². The zero-order valence-corrected chi connectivity index (χ0v) is 11.0. The van der Waals surface area contributed by atoms with Crippen LogP contribution in [0.5, 0.6) is 0 Å². The van der Waals surface area contributed by atoms with Crippen molar-refractivity contribution < 1.29 is 0 Å². The second kappa shape index (κ2) is 6.97. The summed E-state index contributed by atoms with van der Waals surface area (Å²) in [5, 5.41) is 3.71. The summed E-state index contributed by atoms with van der Waals surface area (Å²) in [6, 6.07) is 0.693. The van der Waals surface area contributed by atoms with Crippen LogP contribution in [0.3, 0.4) is 0 Å². The molecular formula is C15H27N. The first-order valence-electron chi connectivity index (χ1n) is 6.96. The molecular weight excluding hydrogens is 194 g/mol. The minimum Gasteiger partial charge on any atom is -0.314 e. The van der Waals surface area contributed by atoms with Crippen molar-refractivity contribution in [2.75, 3.05) is 6.54 Å². The third-order valence-electron chi connectivity index (χ3n) is 4.31. The van der Waals surface area contributed by atoms with Crippen molar-refractivity contribution in [3.63, 3.8) is 0 Å². The van der Waals surface area contributed by atoms with Gasteiger partial charge in [0.2, 0.25) is 0 Å². The van der Waals surface area contributed by atoms with Crippen LogP contribution in [0.4, 0.5) is 0 Å². The Bertz CT molecular complexity index is 220. The Morgan fingerprint density at radius 3 is 2.50 bits per heavy atom. The van der Waals surface area contributed by atoms with E-state index in [1.54, 1.807) is 0 Å². The molecule has 1 saturated carbocycles. The lowest BCUT2D eigenvalue weighted by Crippen LogP contribution is -2.43. The lowest BCUT2D eigenvalue weighted by molar-refractivity contribution is 0.176. The second-order valence-corrected chi connectivity index (χ2v) is 5.13. The molecule has 1 aliphatic carbocycles. The monoisotopic (exact) mass is 221 g/mol. The van der Waals surface area contributed by atoms with Gasteiger partial charge in [0.05, 0.1) is 0 Å². The number of hydrogen-bond donors (Lipinski definition) is 1. The van der Waals surface area contributed by atoms with Crippen LogP contribution in [0.2, 0.25) is 0 Å².